The van der Waals surface area contributed by atoms with Crippen LogP contribution in [0.1, 0.15) is 24.3 Å². The molecule has 0 aromatic carbocycles. The summed E-state index contributed by atoms with van der Waals surface area (Å²) in [4.78, 5) is 11.7. The van der Waals surface area contributed by atoms with Gasteiger partial charge in [-0.2, -0.15) is 0 Å². The molecule has 126 valence electrons. The van der Waals surface area contributed by atoms with Gasteiger partial charge >= 0.3 is 0 Å². The number of nitrogens with zero attached hydrogens (tertiary/aromatic N) is 6. The molecule has 0 N–H and O–H groups in total. The van der Waals surface area contributed by atoms with Crippen molar-refractivity contribution >= 4 is 16.7 Å². The van der Waals surface area contributed by atoms with E-state index in [0.29, 0.717) is 17.5 Å². The Morgan fingerprint density at radius 2 is 2.08 bits per heavy atom. The van der Waals surface area contributed by atoms with Gasteiger partial charge in [-0.1, -0.05) is 0 Å². The maximum Gasteiger partial charge on any atom is 0.267 e. The summed E-state index contributed by atoms with van der Waals surface area (Å²) in [5.74, 6) is 1.01. The summed E-state index contributed by atoms with van der Waals surface area (Å²) in [5.41, 5.74) is 3.70. The molecule has 0 spiro atoms. The predicted octanol–water partition coefficient (Wildman–Crippen LogP) is 2.74. The Morgan fingerprint density at radius 3 is 2.88 bits per heavy atom. The Morgan fingerprint density at radius 1 is 1.20 bits per heavy atom. The average molecular weight is 334 g/mol. The van der Waals surface area contributed by atoms with Gasteiger partial charge in [0.15, 0.2) is 0 Å². The number of pyridine rings is 2. The van der Waals surface area contributed by atoms with Crippen molar-refractivity contribution in [1.29, 1.82) is 0 Å². The topological polar surface area (TPSA) is 72.3 Å². The molecule has 7 nitrogen and oxygen atoms in total. The van der Waals surface area contributed by atoms with Crippen LogP contribution in [0.15, 0.2) is 41.4 Å². The molecule has 0 radical (unpaired) electrons. The lowest BCUT2D eigenvalue weighted by atomic mass is 9.90. The summed E-state index contributed by atoms with van der Waals surface area (Å²) in [7, 11) is 2.19. The van der Waals surface area contributed by atoms with E-state index in [2.05, 4.69) is 39.3 Å². The third kappa shape index (κ3) is 2.47. The van der Waals surface area contributed by atoms with Crippen LogP contribution in [-0.2, 0) is 0 Å². The first-order valence-corrected chi connectivity index (χ1v) is 8.51. The minimum absolute atomic E-state index is 0.416. The molecule has 1 aliphatic heterocycles. The molecule has 0 aliphatic carbocycles. The maximum atomic E-state index is 5.25. The monoisotopic (exact) mass is 334 g/mol. The van der Waals surface area contributed by atoms with E-state index in [9.17, 15) is 0 Å². The number of imidazole rings is 1. The van der Waals surface area contributed by atoms with Gasteiger partial charge in [0.2, 0.25) is 6.39 Å². The van der Waals surface area contributed by atoms with Crippen LogP contribution in [0.4, 0.5) is 0 Å². The van der Waals surface area contributed by atoms with Crippen molar-refractivity contribution in [3.8, 4) is 11.6 Å². The van der Waals surface area contributed by atoms with Gasteiger partial charge in [0.05, 0.1) is 0 Å². The van der Waals surface area contributed by atoms with E-state index in [4.69, 9.17) is 9.40 Å². The summed E-state index contributed by atoms with van der Waals surface area (Å²) in [6.45, 7) is 2.30. The Balaban J connectivity index is 1.57. The van der Waals surface area contributed by atoms with Gasteiger partial charge in [-0.3, -0.25) is 4.40 Å². The van der Waals surface area contributed by atoms with E-state index in [1.807, 2.05) is 22.9 Å². The summed E-state index contributed by atoms with van der Waals surface area (Å²) in [6.07, 6.45) is 7.61. The van der Waals surface area contributed by atoms with Gasteiger partial charge in [0.25, 0.3) is 5.89 Å². The normalized spacial score (nSPS) is 16.8. The molecule has 0 unspecified atom stereocenters. The fourth-order valence-corrected chi connectivity index (χ4v) is 3.61. The largest absolute Gasteiger partial charge is 0.422 e. The molecule has 1 aliphatic rings. The second kappa shape index (κ2) is 5.63. The molecular weight excluding hydrogens is 316 g/mol. The van der Waals surface area contributed by atoms with Gasteiger partial charge < -0.3 is 9.32 Å². The lowest BCUT2D eigenvalue weighted by Crippen LogP contribution is -2.29. The molecule has 4 aromatic heterocycles. The fourth-order valence-electron chi connectivity index (χ4n) is 3.61. The number of hydrogen-bond acceptors (Lipinski definition) is 6. The summed E-state index contributed by atoms with van der Waals surface area (Å²) < 4.78 is 7.23. The van der Waals surface area contributed by atoms with Crippen LogP contribution in [0.3, 0.4) is 0 Å². The van der Waals surface area contributed by atoms with Crippen LogP contribution >= 0.6 is 0 Å². The van der Waals surface area contributed by atoms with Gasteiger partial charge in [-0.15, -0.1) is 10.2 Å². The van der Waals surface area contributed by atoms with Crippen LogP contribution < -0.4 is 0 Å². The van der Waals surface area contributed by atoms with Crippen molar-refractivity contribution in [3.63, 3.8) is 0 Å². The molecule has 1 fully saturated rings. The zero-order valence-corrected chi connectivity index (χ0v) is 14.0. The molecule has 5 heterocycles. The first kappa shape index (κ1) is 14.5. The van der Waals surface area contributed by atoms with Crippen molar-refractivity contribution in [2.75, 3.05) is 20.1 Å². The second-order valence-electron chi connectivity index (χ2n) is 6.69. The molecular formula is C18H18N6O. The SMILES string of the molecule is CN1CCC(c2cnc3c(ccc4nc(-c5nnco5)cn43)c2)CC1. The highest BCUT2D eigenvalue weighted by Gasteiger charge is 2.19. The molecule has 1 saturated heterocycles. The van der Waals surface area contributed by atoms with Crippen LogP contribution in [0.5, 0.6) is 0 Å². The van der Waals surface area contributed by atoms with E-state index >= 15 is 0 Å². The van der Waals surface area contributed by atoms with E-state index in [1.165, 1.54) is 24.8 Å². The van der Waals surface area contributed by atoms with Crippen LogP contribution in [0, 0.1) is 0 Å². The number of fused-ring (bicyclic) bond motifs is 3. The highest BCUT2D eigenvalue weighted by Crippen LogP contribution is 2.29. The van der Waals surface area contributed by atoms with E-state index in [1.54, 1.807) is 0 Å². The Labute approximate surface area is 144 Å². The summed E-state index contributed by atoms with van der Waals surface area (Å²) in [5, 5.41) is 8.76. The first-order valence-electron chi connectivity index (χ1n) is 8.51. The van der Waals surface area contributed by atoms with E-state index in [0.717, 1.165) is 29.8 Å². The minimum Gasteiger partial charge on any atom is -0.422 e. The minimum atomic E-state index is 0.416. The Kier molecular flexibility index (Phi) is 3.27. The zero-order valence-electron chi connectivity index (χ0n) is 14.0. The summed E-state index contributed by atoms with van der Waals surface area (Å²) >= 11 is 0. The van der Waals surface area contributed by atoms with Crippen molar-refractivity contribution < 1.29 is 4.42 Å². The summed E-state index contributed by atoms with van der Waals surface area (Å²) in [6, 6.07) is 6.35. The van der Waals surface area contributed by atoms with Crippen LogP contribution in [-0.4, -0.2) is 49.6 Å². The van der Waals surface area contributed by atoms with Crippen molar-refractivity contribution in [1.82, 2.24) is 29.5 Å². The van der Waals surface area contributed by atoms with Crippen molar-refractivity contribution in [3.05, 3.63) is 42.5 Å². The second-order valence-corrected chi connectivity index (χ2v) is 6.69. The lowest BCUT2D eigenvalue weighted by molar-refractivity contribution is 0.255. The molecule has 7 heteroatoms. The Bertz CT molecular complexity index is 1030. The van der Waals surface area contributed by atoms with Gasteiger partial charge in [-0.25, -0.2) is 9.97 Å². The first-order chi connectivity index (χ1) is 12.3. The highest BCUT2D eigenvalue weighted by molar-refractivity contribution is 5.79. The van der Waals surface area contributed by atoms with Gasteiger partial charge in [-0.05, 0) is 62.7 Å². The molecule has 25 heavy (non-hydrogen) atoms. The number of hydrogen-bond donors (Lipinski definition) is 0. The van der Waals surface area contributed by atoms with Gasteiger partial charge in [0.1, 0.15) is 17.0 Å². The molecule has 4 aromatic rings. The number of rotatable bonds is 2. The third-order valence-corrected chi connectivity index (χ3v) is 5.06. The fraction of sp³-hybridized carbons (Fsp3) is 0.333. The van der Waals surface area contributed by atoms with Crippen LogP contribution in [0.2, 0.25) is 0 Å². The standard InChI is InChI=1S/C18H18N6O/c1-23-6-4-12(5-7-23)14-8-13-2-3-16-21-15(18-22-20-11-25-18)10-24(16)17(13)19-9-14/h2-3,8-12H,4-7H2,1H3. The van der Waals surface area contributed by atoms with Crippen LogP contribution in [0.25, 0.3) is 28.3 Å². The average Bonchev–Trinajstić information content (AvgIpc) is 3.31. The van der Waals surface area contributed by atoms with E-state index in [-0.39, 0.29) is 0 Å². The number of likely N-dealkylation sites (tertiary alicyclic amines) is 1. The molecule has 0 saturated carbocycles. The number of piperidine rings is 1. The number of aromatic nitrogens is 5. The highest BCUT2D eigenvalue weighted by atomic mass is 16.4. The smallest absolute Gasteiger partial charge is 0.267 e. The lowest BCUT2D eigenvalue weighted by Gasteiger charge is -2.29. The predicted molar refractivity (Wildman–Crippen MR) is 93.3 cm³/mol. The molecule has 0 amide bonds. The molecule has 5 rings (SSSR count). The van der Waals surface area contributed by atoms with E-state index < -0.39 is 0 Å². The molecule has 0 bridgehead atoms. The zero-order chi connectivity index (χ0) is 16.8. The molecule has 0 atom stereocenters. The Hall–Kier alpha value is -2.80. The van der Waals surface area contributed by atoms with Crippen molar-refractivity contribution in [2.45, 2.75) is 18.8 Å². The quantitative estimate of drug-likeness (QED) is 0.561. The van der Waals surface area contributed by atoms with Crippen molar-refractivity contribution in [2.24, 2.45) is 0 Å². The van der Waals surface area contributed by atoms with Gasteiger partial charge in [0, 0.05) is 17.8 Å². The third-order valence-electron chi connectivity index (χ3n) is 5.06. The maximum absolute atomic E-state index is 5.25.